The molecule has 0 rings (SSSR count). The summed E-state index contributed by atoms with van der Waals surface area (Å²) in [5.74, 6) is -0.849. The quantitative estimate of drug-likeness (QED) is 0.0261. The van der Waals surface area contributed by atoms with Gasteiger partial charge in [-0.3, -0.25) is 14.4 Å². The van der Waals surface area contributed by atoms with Gasteiger partial charge in [0.1, 0.15) is 13.2 Å². The second-order valence-corrected chi connectivity index (χ2v) is 25.2. The lowest BCUT2D eigenvalue weighted by Crippen LogP contribution is -2.30. The molecule has 0 saturated carbocycles. The van der Waals surface area contributed by atoms with Gasteiger partial charge in [0.25, 0.3) is 0 Å². The Kier molecular flexibility index (Phi) is 69.6. The first-order valence-electron chi connectivity index (χ1n) is 37.1. The summed E-state index contributed by atoms with van der Waals surface area (Å²) in [7, 11) is 0. The lowest BCUT2D eigenvalue weighted by molar-refractivity contribution is -0.167. The van der Waals surface area contributed by atoms with Crippen LogP contribution < -0.4 is 0 Å². The molecule has 0 fully saturated rings. The maximum atomic E-state index is 12.9. The summed E-state index contributed by atoms with van der Waals surface area (Å²) in [4.78, 5) is 38.3. The van der Waals surface area contributed by atoms with E-state index >= 15 is 0 Å². The molecule has 0 heterocycles. The third kappa shape index (κ3) is 70.0. The van der Waals surface area contributed by atoms with Crippen LogP contribution in [0.25, 0.3) is 0 Å². The van der Waals surface area contributed by atoms with Crippen molar-refractivity contribution in [3.63, 3.8) is 0 Å². The van der Waals surface area contributed by atoms with Crippen LogP contribution in [0.1, 0.15) is 406 Å². The maximum absolute atomic E-state index is 12.9. The molecule has 486 valence electrons. The lowest BCUT2D eigenvalue weighted by Gasteiger charge is -2.18. The van der Waals surface area contributed by atoms with Crippen LogP contribution in [0.15, 0.2) is 48.6 Å². The summed E-state index contributed by atoms with van der Waals surface area (Å²) < 4.78 is 16.9. The second-order valence-electron chi connectivity index (χ2n) is 25.2. The molecule has 1 atom stereocenters. The molecule has 0 spiro atoms. The third-order valence-corrected chi connectivity index (χ3v) is 16.8. The zero-order valence-electron chi connectivity index (χ0n) is 56.0. The van der Waals surface area contributed by atoms with Crippen molar-refractivity contribution in [2.45, 2.75) is 412 Å². The van der Waals surface area contributed by atoms with Gasteiger partial charge in [-0.15, -0.1) is 0 Å². The molecule has 0 aliphatic rings. The van der Waals surface area contributed by atoms with Crippen molar-refractivity contribution >= 4 is 17.9 Å². The largest absolute Gasteiger partial charge is 0.462 e. The zero-order chi connectivity index (χ0) is 59.9. The van der Waals surface area contributed by atoms with Crippen LogP contribution in [0.5, 0.6) is 0 Å². The van der Waals surface area contributed by atoms with Gasteiger partial charge in [-0.05, 0) is 57.8 Å². The predicted octanol–water partition coefficient (Wildman–Crippen LogP) is 25.7. The van der Waals surface area contributed by atoms with Gasteiger partial charge in [-0.1, -0.05) is 378 Å². The van der Waals surface area contributed by atoms with Crippen LogP contribution in [0.3, 0.4) is 0 Å². The van der Waals surface area contributed by atoms with Crippen molar-refractivity contribution in [2.75, 3.05) is 13.2 Å². The number of carbonyl (C=O) groups excluding carboxylic acids is 3. The highest BCUT2D eigenvalue weighted by Gasteiger charge is 2.20. The van der Waals surface area contributed by atoms with Crippen LogP contribution in [-0.2, 0) is 28.6 Å². The van der Waals surface area contributed by atoms with E-state index in [1.165, 1.54) is 283 Å². The molecule has 0 amide bonds. The minimum atomic E-state index is -0.771. The minimum absolute atomic E-state index is 0.0682. The highest BCUT2D eigenvalue weighted by molar-refractivity contribution is 5.71. The van der Waals surface area contributed by atoms with E-state index in [1.807, 2.05) is 0 Å². The van der Waals surface area contributed by atoms with E-state index in [0.29, 0.717) is 19.3 Å². The molecule has 0 bridgehead atoms. The number of hydrogen-bond acceptors (Lipinski definition) is 6. The molecule has 0 aromatic rings. The number of unbranched alkanes of at least 4 members (excludes halogenated alkanes) is 50. The number of allylic oxidation sites excluding steroid dienone is 8. The standard InChI is InChI=1S/C77H142O6/c1-4-7-10-13-16-19-21-23-25-27-29-31-33-35-36-37-38-39-40-41-43-44-46-48-50-52-54-56-58-61-64-67-70-76(79)82-73-74(72-81-75(78)69-66-63-60-18-15-12-9-6-3)83-77(80)71-68-65-62-59-57-55-53-51-49-47-45-42-34-32-30-28-26-24-22-20-17-14-11-8-5-2/h8,11,17,20,24,26,30,32,74H,4-7,9-10,12-16,18-19,21-23,25,27-29,31,33-73H2,1-3H3/b11-8-,20-17-,26-24-,32-30-. The molecule has 0 aromatic carbocycles. The SMILES string of the molecule is CC/C=C\C/C=C\C/C=C\C/C=C\CCCCCCCCCCCCCCC(=O)OC(COC(=O)CCCCCCCCCC)COC(=O)CCCCCCCCCCCCCCCCCCCCCCCCCCCCCCCCCC. The smallest absolute Gasteiger partial charge is 0.306 e. The lowest BCUT2D eigenvalue weighted by atomic mass is 10.0. The Morgan fingerprint density at radius 2 is 0.470 bits per heavy atom. The summed E-state index contributed by atoms with van der Waals surface area (Å²) in [5, 5.41) is 0. The van der Waals surface area contributed by atoms with E-state index in [0.717, 1.165) is 83.5 Å². The molecule has 0 radical (unpaired) electrons. The van der Waals surface area contributed by atoms with Crippen molar-refractivity contribution in [1.29, 1.82) is 0 Å². The highest BCUT2D eigenvalue weighted by atomic mass is 16.6. The van der Waals surface area contributed by atoms with E-state index in [9.17, 15) is 14.4 Å². The summed E-state index contributed by atoms with van der Waals surface area (Å²) in [6.45, 7) is 6.57. The topological polar surface area (TPSA) is 78.9 Å². The van der Waals surface area contributed by atoms with E-state index in [4.69, 9.17) is 14.2 Å². The Hall–Kier alpha value is -2.63. The van der Waals surface area contributed by atoms with Crippen molar-refractivity contribution in [2.24, 2.45) is 0 Å². The van der Waals surface area contributed by atoms with Gasteiger partial charge in [0, 0.05) is 19.3 Å². The van der Waals surface area contributed by atoms with Gasteiger partial charge >= 0.3 is 17.9 Å². The molecule has 0 saturated heterocycles. The van der Waals surface area contributed by atoms with E-state index in [1.54, 1.807) is 0 Å². The minimum Gasteiger partial charge on any atom is -0.462 e. The van der Waals surface area contributed by atoms with E-state index < -0.39 is 6.10 Å². The van der Waals surface area contributed by atoms with E-state index in [-0.39, 0.29) is 31.1 Å². The van der Waals surface area contributed by atoms with Gasteiger partial charge in [0.2, 0.25) is 0 Å². The molecule has 83 heavy (non-hydrogen) atoms. The highest BCUT2D eigenvalue weighted by Crippen LogP contribution is 2.19. The van der Waals surface area contributed by atoms with Crippen LogP contribution in [0.4, 0.5) is 0 Å². The normalized spacial score (nSPS) is 12.3. The first-order chi connectivity index (χ1) is 41.0. The Morgan fingerprint density at radius 3 is 0.735 bits per heavy atom. The number of ether oxygens (including phenoxy) is 3. The van der Waals surface area contributed by atoms with E-state index in [2.05, 4.69) is 69.4 Å². The number of esters is 3. The molecule has 0 aromatic heterocycles. The Morgan fingerprint density at radius 1 is 0.253 bits per heavy atom. The summed E-state index contributed by atoms with van der Waals surface area (Å²) in [6, 6.07) is 0. The van der Waals surface area contributed by atoms with Crippen LogP contribution in [-0.4, -0.2) is 37.2 Å². The molecule has 0 aliphatic heterocycles. The number of carbonyl (C=O) groups is 3. The molecule has 6 nitrogen and oxygen atoms in total. The Labute approximate surface area is 518 Å². The monoisotopic (exact) mass is 1160 g/mol. The van der Waals surface area contributed by atoms with Crippen molar-refractivity contribution in [3.8, 4) is 0 Å². The van der Waals surface area contributed by atoms with Gasteiger partial charge in [-0.2, -0.15) is 0 Å². The van der Waals surface area contributed by atoms with Crippen molar-refractivity contribution < 1.29 is 28.6 Å². The predicted molar refractivity (Wildman–Crippen MR) is 362 cm³/mol. The summed E-state index contributed by atoms with van der Waals surface area (Å²) in [6.07, 6.45) is 91.9. The maximum Gasteiger partial charge on any atom is 0.306 e. The fourth-order valence-electron chi connectivity index (χ4n) is 11.3. The molecular weight excluding hydrogens is 1020 g/mol. The van der Waals surface area contributed by atoms with Gasteiger partial charge < -0.3 is 14.2 Å². The van der Waals surface area contributed by atoms with Crippen LogP contribution >= 0.6 is 0 Å². The van der Waals surface area contributed by atoms with Crippen LogP contribution in [0.2, 0.25) is 0 Å². The van der Waals surface area contributed by atoms with Crippen LogP contribution in [0, 0.1) is 0 Å². The van der Waals surface area contributed by atoms with Crippen molar-refractivity contribution in [1.82, 2.24) is 0 Å². The molecule has 1 unspecified atom stereocenters. The molecule has 0 aliphatic carbocycles. The van der Waals surface area contributed by atoms with Gasteiger partial charge in [-0.25, -0.2) is 0 Å². The third-order valence-electron chi connectivity index (χ3n) is 16.8. The molecular formula is C77H142O6. The number of hydrogen-bond donors (Lipinski definition) is 0. The summed E-state index contributed by atoms with van der Waals surface area (Å²) >= 11 is 0. The molecule has 6 heteroatoms. The van der Waals surface area contributed by atoms with Gasteiger partial charge in [0.05, 0.1) is 0 Å². The van der Waals surface area contributed by atoms with Crippen molar-refractivity contribution in [3.05, 3.63) is 48.6 Å². The second kappa shape index (κ2) is 71.8. The average Bonchev–Trinajstić information content (AvgIpc) is 3.49. The zero-order valence-corrected chi connectivity index (χ0v) is 56.0. The Balaban J connectivity index is 4.01. The first kappa shape index (κ1) is 80.4. The fraction of sp³-hybridized carbons (Fsp3) is 0.857. The number of rotatable bonds is 69. The summed E-state index contributed by atoms with van der Waals surface area (Å²) in [5.41, 5.74) is 0. The van der Waals surface area contributed by atoms with Gasteiger partial charge in [0.15, 0.2) is 6.10 Å². The Bertz CT molecular complexity index is 1430. The average molecular weight is 1160 g/mol. The fourth-order valence-corrected chi connectivity index (χ4v) is 11.3. The molecule has 0 N–H and O–H groups in total. The first-order valence-corrected chi connectivity index (χ1v) is 37.1.